The van der Waals surface area contributed by atoms with Gasteiger partial charge in [0.05, 0.1) is 0 Å². The smallest absolute Gasteiger partial charge is 0.0468 e. The third kappa shape index (κ3) is 5.88. The van der Waals surface area contributed by atoms with Gasteiger partial charge in [0.15, 0.2) is 0 Å². The quantitative estimate of drug-likeness (QED) is 0.164. The second-order valence-electron chi connectivity index (χ2n) is 14.6. The Morgan fingerprint density at radius 2 is 0.877 bits per heavy atom. The van der Waals surface area contributed by atoms with Crippen LogP contribution in [0.2, 0.25) is 0 Å². The van der Waals surface area contributed by atoms with Crippen molar-refractivity contribution in [3.63, 3.8) is 0 Å². The van der Waals surface area contributed by atoms with Gasteiger partial charge in [0, 0.05) is 54.0 Å². The van der Waals surface area contributed by atoms with Gasteiger partial charge in [-0.05, 0) is 116 Å². The van der Waals surface area contributed by atoms with E-state index < -0.39 is 0 Å². The molecule has 57 heavy (non-hydrogen) atoms. The minimum atomic E-state index is 1.06. The standard InChI is InChI=1S/C54H36N2S/c1-2-13-42(14-3-1)56(44-33-34-52-51(35-44)53-49-18-8-6-16-47(49)48-17-7-9-19-50(48)54(53)57-52)43-31-25-37(26-32-43)36-21-27-40(28-22-36)55-41-29-23-39(24-30-41)46-20-10-12-38-11-4-5-15-45(38)46/h1-35,55H. The van der Waals surface area contributed by atoms with Crippen molar-refractivity contribution >= 4 is 92.3 Å². The Morgan fingerprint density at radius 3 is 1.60 bits per heavy atom. The molecule has 0 aliphatic rings. The molecule has 0 saturated carbocycles. The molecular weight excluding hydrogens is 709 g/mol. The van der Waals surface area contributed by atoms with Crippen molar-refractivity contribution in [3.05, 3.63) is 212 Å². The third-order valence-corrected chi connectivity index (χ3v) is 12.4. The summed E-state index contributed by atoms with van der Waals surface area (Å²) in [5.41, 5.74) is 10.3. The van der Waals surface area contributed by atoms with E-state index in [9.17, 15) is 0 Å². The number of para-hydroxylation sites is 1. The van der Waals surface area contributed by atoms with E-state index in [0.717, 1.165) is 28.4 Å². The summed E-state index contributed by atoms with van der Waals surface area (Å²) in [6.45, 7) is 0. The Bertz CT molecular complexity index is 3230. The highest BCUT2D eigenvalue weighted by Crippen LogP contribution is 2.46. The number of thiophene rings is 1. The molecule has 0 bridgehead atoms. The van der Waals surface area contributed by atoms with Crippen molar-refractivity contribution < 1.29 is 0 Å². The average Bonchev–Trinajstić information content (AvgIpc) is 3.67. The summed E-state index contributed by atoms with van der Waals surface area (Å²) < 4.78 is 2.65. The first-order valence-corrected chi connectivity index (χ1v) is 20.2. The highest BCUT2D eigenvalue weighted by molar-refractivity contribution is 7.27. The van der Waals surface area contributed by atoms with Gasteiger partial charge in [-0.1, -0.05) is 146 Å². The van der Waals surface area contributed by atoms with E-state index in [2.05, 4.69) is 223 Å². The molecule has 0 aliphatic carbocycles. The Balaban J connectivity index is 0.895. The van der Waals surface area contributed by atoms with Crippen LogP contribution in [0, 0.1) is 0 Å². The summed E-state index contributed by atoms with van der Waals surface area (Å²) in [5.74, 6) is 0. The summed E-state index contributed by atoms with van der Waals surface area (Å²) in [5, 5.41) is 14.0. The fourth-order valence-corrected chi connectivity index (χ4v) is 9.72. The van der Waals surface area contributed by atoms with Crippen LogP contribution in [0.1, 0.15) is 0 Å². The lowest BCUT2D eigenvalue weighted by Crippen LogP contribution is -2.09. The predicted octanol–water partition coefficient (Wildman–Crippen LogP) is 16.1. The van der Waals surface area contributed by atoms with Gasteiger partial charge in [0.1, 0.15) is 0 Å². The SMILES string of the molecule is c1ccc(N(c2ccc(-c3ccc(Nc4ccc(-c5cccc6ccccc56)cc4)cc3)cc2)c2ccc3sc4c5ccccc5c5ccccc5c4c3c2)cc1. The average molecular weight is 745 g/mol. The summed E-state index contributed by atoms with van der Waals surface area (Å²) in [6.07, 6.45) is 0. The monoisotopic (exact) mass is 744 g/mol. The Morgan fingerprint density at radius 1 is 0.351 bits per heavy atom. The fourth-order valence-electron chi connectivity index (χ4n) is 8.48. The molecule has 1 aromatic heterocycles. The Hall–Kier alpha value is -7.20. The lowest BCUT2D eigenvalue weighted by molar-refractivity contribution is 1.29. The summed E-state index contributed by atoms with van der Waals surface area (Å²) in [6, 6.07) is 76.8. The number of hydrogen-bond donors (Lipinski definition) is 1. The van der Waals surface area contributed by atoms with Crippen LogP contribution in [-0.4, -0.2) is 0 Å². The van der Waals surface area contributed by atoms with E-state index in [4.69, 9.17) is 0 Å². The first kappa shape index (κ1) is 33.2. The molecule has 2 nitrogen and oxygen atoms in total. The second kappa shape index (κ2) is 13.8. The van der Waals surface area contributed by atoms with Crippen molar-refractivity contribution in [3.8, 4) is 22.3 Å². The van der Waals surface area contributed by atoms with Gasteiger partial charge in [-0.25, -0.2) is 0 Å². The van der Waals surface area contributed by atoms with Crippen LogP contribution in [0.25, 0.3) is 74.7 Å². The third-order valence-electron chi connectivity index (χ3n) is 11.2. The first-order valence-electron chi connectivity index (χ1n) is 19.4. The number of rotatable bonds is 7. The minimum Gasteiger partial charge on any atom is -0.356 e. The number of benzene rings is 10. The van der Waals surface area contributed by atoms with Crippen LogP contribution in [0.4, 0.5) is 28.4 Å². The van der Waals surface area contributed by atoms with Gasteiger partial charge in [0.2, 0.25) is 0 Å². The second-order valence-corrected chi connectivity index (χ2v) is 15.7. The maximum Gasteiger partial charge on any atom is 0.0468 e. The van der Waals surface area contributed by atoms with Crippen molar-refractivity contribution in [1.29, 1.82) is 0 Å². The maximum absolute atomic E-state index is 3.59. The molecule has 0 unspecified atom stereocenters. The van der Waals surface area contributed by atoms with Crippen molar-refractivity contribution in [2.24, 2.45) is 0 Å². The number of anilines is 5. The molecule has 11 aromatic rings. The molecular formula is C54H36N2S. The first-order chi connectivity index (χ1) is 28.2. The molecule has 3 heteroatoms. The Kier molecular flexibility index (Phi) is 8.04. The van der Waals surface area contributed by atoms with Gasteiger partial charge >= 0.3 is 0 Å². The molecule has 0 radical (unpaired) electrons. The van der Waals surface area contributed by atoms with Crippen LogP contribution >= 0.6 is 11.3 Å². The van der Waals surface area contributed by atoms with Crippen molar-refractivity contribution in [2.45, 2.75) is 0 Å². The molecule has 1 heterocycles. The van der Waals surface area contributed by atoms with Gasteiger partial charge < -0.3 is 10.2 Å². The van der Waals surface area contributed by atoms with Crippen molar-refractivity contribution in [2.75, 3.05) is 10.2 Å². The number of nitrogens with one attached hydrogen (secondary N) is 1. The van der Waals surface area contributed by atoms with Crippen molar-refractivity contribution in [1.82, 2.24) is 0 Å². The lowest BCUT2D eigenvalue weighted by Gasteiger charge is -2.26. The molecule has 0 atom stereocenters. The van der Waals surface area contributed by atoms with Gasteiger partial charge in [-0.2, -0.15) is 0 Å². The Labute approximate surface area is 335 Å². The zero-order valence-electron chi connectivity index (χ0n) is 31.1. The summed E-state index contributed by atoms with van der Waals surface area (Å²) in [4.78, 5) is 2.37. The summed E-state index contributed by atoms with van der Waals surface area (Å²) in [7, 11) is 0. The molecule has 0 amide bonds. The van der Waals surface area contributed by atoms with Crippen LogP contribution < -0.4 is 10.2 Å². The lowest BCUT2D eigenvalue weighted by atomic mass is 9.97. The van der Waals surface area contributed by atoms with Crippen LogP contribution in [0.5, 0.6) is 0 Å². The maximum atomic E-state index is 3.59. The summed E-state index contributed by atoms with van der Waals surface area (Å²) >= 11 is 1.90. The zero-order valence-corrected chi connectivity index (χ0v) is 31.9. The highest BCUT2D eigenvalue weighted by atomic mass is 32.1. The predicted molar refractivity (Wildman–Crippen MR) is 247 cm³/mol. The number of fused-ring (bicyclic) bond motifs is 9. The number of nitrogens with zero attached hydrogens (tertiary/aromatic N) is 1. The largest absolute Gasteiger partial charge is 0.356 e. The molecule has 1 N–H and O–H groups in total. The van der Waals surface area contributed by atoms with Crippen LogP contribution in [-0.2, 0) is 0 Å². The van der Waals surface area contributed by atoms with Gasteiger partial charge in [-0.3, -0.25) is 0 Å². The topological polar surface area (TPSA) is 15.3 Å². The highest BCUT2D eigenvalue weighted by Gasteiger charge is 2.18. The van der Waals surface area contributed by atoms with Gasteiger partial charge in [-0.15, -0.1) is 11.3 Å². The van der Waals surface area contributed by atoms with Crippen LogP contribution in [0.3, 0.4) is 0 Å². The van der Waals surface area contributed by atoms with Gasteiger partial charge in [0.25, 0.3) is 0 Å². The van der Waals surface area contributed by atoms with E-state index >= 15 is 0 Å². The fraction of sp³-hybridized carbons (Fsp3) is 0. The number of hydrogen-bond acceptors (Lipinski definition) is 3. The van der Waals surface area contributed by atoms with E-state index in [1.54, 1.807) is 0 Å². The van der Waals surface area contributed by atoms with E-state index in [0.29, 0.717) is 0 Å². The molecule has 0 spiro atoms. The van der Waals surface area contributed by atoms with E-state index in [1.165, 1.54) is 74.7 Å². The van der Waals surface area contributed by atoms with E-state index in [-0.39, 0.29) is 0 Å². The molecule has 10 aromatic carbocycles. The van der Waals surface area contributed by atoms with Crippen LogP contribution in [0.15, 0.2) is 212 Å². The molecule has 0 aliphatic heterocycles. The molecule has 0 fully saturated rings. The molecule has 268 valence electrons. The normalized spacial score (nSPS) is 11.5. The minimum absolute atomic E-state index is 1.06. The van der Waals surface area contributed by atoms with E-state index in [1.807, 2.05) is 11.3 Å². The molecule has 0 saturated heterocycles. The molecule has 11 rings (SSSR count). The zero-order chi connectivity index (χ0) is 37.7.